The Morgan fingerprint density at radius 1 is 1.23 bits per heavy atom. The van der Waals surface area contributed by atoms with Crippen LogP contribution in [-0.2, 0) is 24.3 Å². The average Bonchev–Trinajstić information content (AvgIpc) is 3.35. The summed E-state index contributed by atoms with van der Waals surface area (Å²) >= 11 is 3.04. The SMILES string of the molecule is CCn1c(Cc2ccc3c(c2)OCCCO3)nnc1SCC(=O)NCc1cccs1. The Bertz CT molecular complexity index is 988. The Hall–Kier alpha value is -2.52. The molecule has 1 N–H and O–H groups in total. The van der Waals surface area contributed by atoms with Gasteiger partial charge in [0.25, 0.3) is 0 Å². The summed E-state index contributed by atoms with van der Waals surface area (Å²) in [5, 5.41) is 14.4. The number of thiophene rings is 1. The molecule has 1 aromatic carbocycles. The van der Waals surface area contributed by atoms with Gasteiger partial charge in [-0.25, -0.2) is 0 Å². The van der Waals surface area contributed by atoms with Crippen molar-refractivity contribution in [3.05, 3.63) is 52.0 Å². The van der Waals surface area contributed by atoms with Gasteiger partial charge < -0.3 is 19.4 Å². The molecule has 0 radical (unpaired) electrons. The predicted octanol–water partition coefficient (Wildman–Crippen LogP) is 3.52. The van der Waals surface area contributed by atoms with Gasteiger partial charge in [-0.1, -0.05) is 23.9 Å². The van der Waals surface area contributed by atoms with Crippen molar-refractivity contribution in [3.63, 3.8) is 0 Å². The summed E-state index contributed by atoms with van der Waals surface area (Å²) in [6.07, 6.45) is 1.53. The Morgan fingerprint density at radius 3 is 2.90 bits per heavy atom. The highest BCUT2D eigenvalue weighted by Crippen LogP contribution is 2.31. The zero-order valence-electron chi connectivity index (χ0n) is 16.8. The zero-order chi connectivity index (χ0) is 20.8. The van der Waals surface area contributed by atoms with Crippen LogP contribution >= 0.6 is 23.1 Å². The van der Waals surface area contributed by atoms with E-state index in [2.05, 4.69) is 27.0 Å². The summed E-state index contributed by atoms with van der Waals surface area (Å²) in [5.41, 5.74) is 1.09. The van der Waals surface area contributed by atoms with Crippen LogP contribution in [0.3, 0.4) is 0 Å². The Morgan fingerprint density at radius 2 is 2.10 bits per heavy atom. The molecule has 9 heteroatoms. The first-order valence-corrected chi connectivity index (χ1v) is 11.8. The third kappa shape index (κ3) is 5.14. The lowest BCUT2D eigenvalue weighted by molar-refractivity contribution is -0.118. The molecular weight excluding hydrogens is 420 g/mol. The number of benzene rings is 1. The number of aromatic nitrogens is 3. The molecule has 3 aromatic rings. The molecule has 0 spiro atoms. The molecule has 0 fully saturated rings. The van der Waals surface area contributed by atoms with Crippen LogP contribution in [0.2, 0.25) is 0 Å². The van der Waals surface area contributed by atoms with Crippen LogP contribution in [0.4, 0.5) is 0 Å². The van der Waals surface area contributed by atoms with Crippen LogP contribution in [0.5, 0.6) is 11.5 Å². The summed E-state index contributed by atoms with van der Waals surface area (Å²) in [5.74, 6) is 2.74. The first kappa shape index (κ1) is 20.7. The maximum absolute atomic E-state index is 12.2. The van der Waals surface area contributed by atoms with Gasteiger partial charge in [0.05, 0.1) is 25.5 Å². The van der Waals surface area contributed by atoms with Gasteiger partial charge >= 0.3 is 0 Å². The standard InChI is InChI=1S/C21H24N4O3S2/c1-2-25-19(12-15-6-7-17-18(11-15)28-9-4-8-27-17)23-24-21(25)30-14-20(26)22-13-16-5-3-10-29-16/h3,5-7,10-11H,2,4,8-9,12-14H2,1H3,(H,22,26). The summed E-state index contributed by atoms with van der Waals surface area (Å²) < 4.78 is 13.5. The Balaban J connectivity index is 1.37. The highest BCUT2D eigenvalue weighted by molar-refractivity contribution is 7.99. The molecule has 1 amide bonds. The smallest absolute Gasteiger partial charge is 0.230 e. The van der Waals surface area contributed by atoms with E-state index in [1.165, 1.54) is 11.8 Å². The number of amides is 1. The van der Waals surface area contributed by atoms with E-state index >= 15 is 0 Å². The molecule has 1 aliphatic heterocycles. The van der Waals surface area contributed by atoms with Crippen LogP contribution in [0.1, 0.15) is 29.6 Å². The van der Waals surface area contributed by atoms with Gasteiger partial charge in [-0.15, -0.1) is 21.5 Å². The van der Waals surface area contributed by atoms with E-state index in [9.17, 15) is 4.79 Å². The van der Waals surface area contributed by atoms with E-state index in [4.69, 9.17) is 9.47 Å². The number of nitrogens with one attached hydrogen (secondary N) is 1. The van der Waals surface area contributed by atoms with Crippen LogP contribution in [0.25, 0.3) is 0 Å². The summed E-state index contributed by atoms with van der Waals surface area (Å²) in [6, 6.07) is 10.00. The zero-order valence-corrected chi connectivity index (χ0v) is 18.4. The maximum atomic E-state index is 12.2. The Kier molecular flexibility index (Phi) is 6.91. The summed E-state index contributed by atoms with van der Waals surface area (Å²) in [7, 11) is 0. The number of hydrogen-bond acceptors (Lipinski definition) is 7. The van der Waals surface area contributed by atoms with Crippen molar-refractivity contribution < 1.29 is 14.3 Å². The molecule has 4 rings (SSSR count). The molecule has 0 bridgehead atoms. The molecule has 1 aliphatic rings. The van der Waals surface area contributed by atoms with E-state index in [1.807, 2.05) is 35.7 Å². The quantitative estimate of drug-likeness (QED) is 0.536. The molecular formula is C21H24N4O3S2. The van der Waals surface area contributed by atoms with E-state index in [1.54, 1.807) is 11.3 Å². The van der Waals surface area contributed by atoms with Crippen molar-refractivity contribution in [2.75, 3.05) is 19.0 Å². The topological polar surface area (TPSA) is 78.3 Å². The molecule has 158 valence electrons. The van der Waals surface area contributed by atoms with Gasteiger partial charge in [0.15, 0.2) is 16.7 Å². The molecule has 0 saturated carbocycles. The molecule has 0 atom stereocenters. The van der Waals surface area contributed by atoms with Crippen LogP contribution in [-0.4, -0.2) is 39.6 Å². The van der Waals surface area contributed by atoms with E-state index in [-0.39, 0.29) is 5.91 Å². The van der Waals surface area contributed by atoms with Crippen molar-refractivity contribution in [2.24, 2.45) is 0 Å². The second kappa shape index (κ2) is 9.99. The lowest BCUT2D eigenvalue weighted by Crippen LogP contribution is -2.24. The first-order chi connectivity index (χ1) is 14.7. The van der Waals surface area contributed by atoms with E-state index in [0.29, 0.717) is 31.9 Å². The van der Waals surface area contributed by atoms with E-state index in [0.717, 1.165) is 45.9 Å². The van der Waals surface area contributed by atoms with Gasteiger partial charge in [-0.3, -0.25) is 4.79 Å². The highest BCUT2D eigenvalue weighted by Gasteiger charge is 2.16. The lowest BCUT2D eigenvalue weighted by atomic mass is 10.1. The number of thioether (sulfide) groups is 1. The highest BCUT2D eigenvalue weighted by atomic mass is 32.2. The predicted molar refractivity (Wildman–Crippen MR) is 117 cm³/mol. The number of fused-ring (bicyclic) bond motifs is 1. The monoisotopic (exact) mass is 444 g/mol. The molecule has 0 aliphatic carbocycles. The number of rotatable bonds is 8. The van der Waals surface area contributed by atoms with Crippen molar-refractivity contribution in [1.82, 2.24) is 20.1 Å². The fraction of sp³-hybridized carbons (Fsp3) is 0.381. The summed E-state index contributed by atoms with van der Waals surface area (Å²) in [6.45, 7) is 4.70. The van der Waals surface area contributed by atoms with E-state index < -0.39 is 0 Å². The molecule has 0 unspecified atom stereocenters. The minimum Gasteiger partial charge on any atom is -0.490 e. The first-order valence-electron chi connectivity index (χ1n) is 9.95. The Labute approximate surface area is 183 Å². The number of carbonyl (C=O) groups is 1. The number of carbonyl (C=O) groups excluding carboxylic acids is 1. The second-order valence-corrected chi connectivity index (χ2v) is 8.77. The van der Waals surface area contributed by atoms with Crippen molar-refractivity contribution in [2.45, 2.75) is 38.0 Å². The third-order valence-corrected chi connectivity index (χ3v) is 6.50. The third-order valence-electron chi connectivity index (χ3n) is 4.66. The van der Waals surface area contributed by atoms with Crippen LogP contribution in [0, 0.1) is 0 Å². The van der Waals surface area contributed by atoms with Crippen molar-refractivity contribution in [3.8, 4) is 11.5 Å². The minimum atomic E-state index is -0.0106. The molecule has 30 heavy (non-hydrogen) atoms. The van der Waals surface area contributed by atoms with Crippen molar-refractivity contribution in [1.29, 1.82) is 0 Å². The molecule has 0 saturated heterocycles. The fourth-order valence-corrected chi connectivity index (χ4v) is 4.65. The van der Waals surface area contributed by atoms with Crippen LogP contribution < -0.4 is 14.8 Å². The normalized spacial score (nSPS) is 13.1. The van der Waals surface area contributed by atoms with Gasteiger partial charge in [0.1, 0.15) is 5.82 Å². The molecule has 7 nitrogen and oxygen atoms in total. The number of hydrogen-bond donors (Lipinski definition) is 1. The number of ether oxygens (including phenoxy) is 2. The fourth-order valence-electron chi connectivity index (χ4n) is 3.15. The lowest BCUT2D eigenvalue weighted by Gasteiger charge is -2.10. The van der Waals surface area contributed by atoms with Crippen molar-refractivity contribution >= 4 is 29.0 Å². The largest absolute Gasteiger partial charge is 0.490 e. The minimum absolute atomic E-state index is 0.0106. The van der Waals surface area contributed by atoms with Gasteiger partial charge in [0.2, 0.25) is 5.91 Å². The maximum Gasteiger partial charge on any atom is 0.230 e. The number of nitrogens with zero attached hydrogens (tertiary/aromatic N) is 3. The summed E-state index contributed by atoms with van der Waals surface area (Å²) in [4.78, 5) is 13.3. The molecule has 2 aromatic heterocycles. The van der Waals surface area contributed by atoms with Gasteiger partial charge in [-0.2, -0.15) is 0 Å². The van der Waals surface area contributed by atoms with Gasteiger partial charge in [0, 0.05) is 24.3 Å². The van der Waals surface area contributed by atoms with Gasteiger partial charge in [-0.05, 0) is 36.1 Å². The van der Waals surface area contributed by atoms with Crippen LogP contribution in [0.15, 0.2) is 40.9 Å². The average molecular weight is 445 g/mol. The second-order valence-electron chi connectivity index (χ2n) is 6.80. The molecule has 3 heterocycles.